The van der Waals surface area contributed by atoms with E-state index in [1.54, 1.807) is 0 Å². The highest BCUT2D eigenvalue weighted by atomic mass is 32.2. The average molecular weight is 254 g/mol. The second-order valence-corrected chi connectivity index (χ2v) is 4.96. The highest BCUT2D eigenvalue weighted by molar-refractivity contribution is 7.99. The molecule has 0 radical (unpaired) electrons. The summed E-state index contributed by atoms with van der Waals surface area (Å²) in [6.07, 6.45) is 2.39. The van der Waals surface area contributed by atoms with Crippen molar-refractivity contribution in [3.63, 3.8) is 0 Å². The first kappa shape index (κ1) is 12.0. The Balaban J connectivity index is 2.08. The van der Waals surface area contributed by atoms with Crippen LogP contribution in [0.3, 0.4) is 0 Å². The molecule has 2 rings (SSSR count). The van der Waals surface area contributed by atoms with E-state index in [-0.39, 0.29) is 28.8 Å². The minimum Gasteiger partial charge on any atom is -0.491 e. The van der Waals surface area contributed by atoms with Crippen molar-refractivity contribution < 1.29 is 9.53 Å². The maximum Gasteiger partial charge on any atom is 0.268 e. The molecule has 0 aromatic carbocycles. The van der Waals surface area contributed by atoms with E-state index in [1.165, 1.54) is 19.4 Å². The predicted molar refractivity (Wildman–Crippen MR) is 66.8 cm³/mol. The molecule has 1 fully saturated rings. The summed E-state index contributed by atoms with van der Waals surface area (Å²) in [5, 5.41) is 2.89. The molecule has 0 aliphatic carbocycles. The number of hydrogen-bond acceptors (Lipinski definition) is 4. The van der Waals surface area contributed by atoms with Gasteiger partial charge in [0.25, 0.3) is 5.91 Å². The molecule has 92 valence electrons. The first-order valence-electron chi connectivity index (χ1n) is 5.36. The molecule has 0 unspecified atom stereocenters. The lowest BCUT2D eigenvalue weighted by Crippen LogP contribution is -2.35. The lowest BCUT2D eigenvalue weighted by Gasteiger charge is -2.11. The molecule has 1 aromatic rings. The maximum atomic E-state index is 11.8. The Morgan fingerprint density at radius 2 is 2.47 bits per heavy atom. The number of pyridine rings is 1. The molecule has 2 heterocycles. The SMILES string of the molecule is COc1c[nH]c(C(=O)N[C@@H]2CCSC2)cc1=O. The molecule has 1 amide bonds. The van der Waals surface area contributed by atoms with E-state index in [1.807, 2.05) is 11.8 Å². The fourth-order valence-corrected chi connectivity index (χ4v) is 2.81. The molecule has 1 atom stereocenters. The van der Waals surface area contributed by atoms with Gasteiger partial charge in [-0.1, -0.05) is 0 Å². The van der Waals surface area contributed by atoms with E-state index >= 15 is 0 Å². The molecule has 0 bridgehead atoms. The van der Waals surface area contributed by atoms with Gasteiger partial charge in [0.05, 0.1) is 7.11 Å². The van der Waals surface area contributed by atoms with Crippen molar-refractivity contribution in [2.45, 2.75) is 12.5 Å². The van der Waals surface area contributed by atoms with E-state index in [9.17, 15) is 9.59 Å². The van der Waals surface area contributed by atoms with Gasteiger partial charge < -0.3 is 15.0 Å². The quantitative estimate of drug-likeness (QED) is 0.829. The Morgan fingerprint density at radius 1 is 1.65 bits per heavy atom. The van der Waals surface area contributed by atoms with Crippen LogP contribution in [0.4, 0.5) is 0 Å². The molecular weight excluding hydrogens is 240 g/mol. The van der Waals surface area contributed by atoms with Gasteiger partial charge in [0.1, 0.15) is 5.69 Å². The highest BCUT2D eigenvalue weighted by Gasteiger charge is 2.19. The van der Waals surface area contributed by atoms with Crippen molar-refractivity contribution in [1.82, 2.24) is 10.3 Å². The third-order valence-corrected chi connectivity index (χ3v) is 3.77. The first-order valence-corrected chi connectivity index (χ1v) is 6.51. The summed E-state index contributed by atoms with van der Waals surface area (Å²) in [6.45, 7) is 0. The van der Waals surface area contributed by atoms with Crippen molar-refractivity contribution in [2.75, 3.05) is 18.6 Å². The van der Waals surface area contributed by atoms with Crippen molar-refractivity contribution in [2.24, 2.45) is 0 Å². The predicted octanol–water partition coefficient (Wildman–Crippen LogP) is 0.619. The molecule has 2 N–H and O–H groups in total. The lowest BCUT2D eigenvalue weighted by atomic mass is 10.2. The zero-order valence-electron chi connectivity index (χ0n) is 9.49. The second kappa shape index (κ2) is 5.27. The number of hydrogen-bond donors (Lipinski definition) is 2. The number of carbonyl (C=O) groups is 1. The van der Waals surface area contributed by atoms with Crippen molar-refractivity contribution in [3.05, 3.63) is 28.2 Å². The normalized spacial score (nSPS) is 19.0. The fraction of sp³-hybridized carbons (Fsp3) is 0.455. The molecule has 0 spiro atoms. The zero-order chi connectivity index (χ0) is 12.3. The van der Waals surface area contributed by atoms with Crippen LogP contribution in [0.2, 0.25) is 0 Å². The van der Waals surface area contributed by atoms with E-state index in [4.69, 9.17) is 4.74 Å². The van der Waals surface area contributed by atoms with E-state index in [0.717, 1.165) is 17.9 Å². The summed E-state index contributed by atoms with van der Waals surface area (Å²) in [4.78, 5) is 26.1. The molecule has 6 heteroatoms. The van der Waals surface area contributed by atoms with Gasteiger partial charge in [-0.3, -0.25) is 9.59 Å². The number of thioether (sulfide) groups is 1. The maximum absolute atomic E-state index is 11.8. The van der Waals surface area contributed by atoms with Gasteiger partial charge in [0.2, 0.25) is 5.43 Å². The van der Waals surface area contributed by atoms with Crippen LogP contribution in [-0.2, 0) is 0 Å². The Kier molecular flexibility index (Phi) is 3.73. The number of carbonyl (C=O) groups excluding carboxylic acids is 1. The van der Waals surface area contributed by atoms with Crippen LogP contribution < -0.4 is 15.5 Å². The summed E-state index contributed by atoms with van der Waals surface area (Å²) in [6, 6.07) is 1.47. The summed E-state index contributed by atoms with van der Waals surface area (Å²) < 4.78 is 4.83. The summed E-state index contributed by atoms with van der Waals surface area (Å²) in [7, 11) is 1.42. The summed E-state index contributed by atoms with van der Waals surface area (Å²) in [5.74, 6) is 1.98. The van der Waals surface area contributed by atoms with Gasteiger partial charge in [-0.2, -0.15) is 11.8 Å². The molecule has 0 saturated carbocycles. The van der Waals surface area contributed by atoms with Gasteiger partial charge in [0.15, 0.2) is 5.75 Å². The monoisotopic (exact) mass is 254 g/mol. The molecular formula is C11H14N2O3S. The molecule has 1 aromatic heterocycles. The average Bonchev–Trinajstić information content (AvgIpc) is 2.81. The highest BCUT2D eigenvalue weighted by Crippen LogP contribution is 2.17. The van der Waals surface area contributed by atoms with Gasteiger partial charge in [0, 0.05) is 24.1 Å². The van der Waals surface area contributed by atoms with Gasteiger partial charge >= 0.3 is 0 Å². The van der Waals surface area contributed by atoms with Gasteiger partial charge in [-0.25, -0.2) is 0 Å². The van der Waals surface area contributed by atoms with Crippen LogP contribution in [0.15, 0.2) is 17.1 Å². The van der Waals surface area contributed by atoms with Crippen LogP contribution in [0.5, 0.6) is 5.75 Å². The summed E-state index contributed by atoms with van der Waals surface area (Å²) in [5.41, 5.74) is -0.0232. The first-order chi connectivity index (χ1) is 8.20. The largest absolute Gasteiger partial charge is 0.491 e. The molecule has 1 aliphatic rings. The number of nitrogens with one attached hydrogen (secondary N) is 2. The fourth-order valence-electron chi connectivity index (χ4n) is 1.66. The minimum absolute atomic E-state index is 0.206. The third-order valence-electron chi connectivity index (χ3n) is 2.61. The van der Waals surface area contributed by atoms with Gasteiger partial charge in [-0.05, 0) is 12.2 Å². The van der Waals surface area contributed by atoms with E-state index in [0.29, 0.717) is 0 Å². The Bertz CT molecular complexity index is 466. The minimum atomic E-state index is -0.294. The Labute approximate surface area is 103 Å². The van der Waals surface area contributed by atoms with Crippen LogP contribution in [-0.4, -0.2) is 35.5 Å². The molecule has 17 heavy (non-hydrogen) atoms. The third kappa shape index (κ3) is 2.82. The number of H-pyrrole nitrogens is 1. The number of aromatic amines is 1. The van der Waals surface area contributed by atoms with E-state index in [2.05, 4.69) is 10.3 Å². The van der Waals surface area contributed by atoms with Crippen LogP contribution in [0.25, 0.3) is 0 Å². The molecule has 1 aliphatic heterocycles. The van der Waals surface area contributed by atoms with Gasteiger partial charge in [-0.15, -0.1) is 0 Å². The lowest BCUT2D eigenvalue weighted by molar-refractivity contribution is 0.0936. The van der Waals surface area contributed by atoms with Crippen molar-refractivity contribution in [3.8, 4) is 5.75 Å². The van der Waals surface area contributed by atoms with Crippen molar-refractivity contribution in [1.29, 1.82) is 0 Å². The second-order valence-electron chi connectivity index (χ2n) is 3.81. The molecule has 5 nitrogen and oxygen atoms in total. The zero-order valence-corrected chi connectivity index (χ0v) is 10.3. The number of amides is 1. The van der Waals surface area contributed by atoms with E-state index < -0.39 is 0 Å². The smallest absolute Gasteiger partial charge is 0.268 e. The number of ether oxygens (including phenoxy) is 1. The summed E-state index contributed by atoms with van der Waals surface area (Å²) >= 11 is 1.82. The molecule has 1 saturated heterocycles. The number of methoxy groups -OCH3 is 1. The Morgan fingerprint density at radius 3 is 3.06 bits per heavy atom. The van der Waals surface area contributed by atoms with Crippen LogP contribution in [0, 0.1) is 0 Å². The number of aromatic nitrogens is 1. The van der Waals surface area contributed by atoms with Crippen LogP contribution >= 0.6 is 11.8 Å². The standard InChI is InChI=1S/C11H14N2O3S/c1-16-10-5-12-8(4-9(10)14)11(15)13-7-2-3-17-6-7/h4-5,7H,2-3,6H2,1H3,(H,12,14)(H,13,15)/t7-/m1/s1. The number of rotatable bonds is 3. The van der Waals surface area contributed by atoms with Crippen molar-refractivity contribution >= 4 is 17.7 Å². The van der Waals surface area contributed by atoms with Crippen LogP contribution in [0.1, 0.15) is 16.9 Å². The Hall–Kier alpha value is -1.43. The topological polar surface area (TPSA) is 71.2 Å².